The molecule has 0 fully saturated rings. The van der Waals surface area contributed by atoms with Gasteiger partial charge < -0.3 is 15.0 Å². The molecule has 0 heterocycles. The van der Waals surface area contributed by atoms with Crippen LogP contribution < -0.4 is 10.2 Å². The summed E-state index contributed by atoms with van der Waals surface area (Å²) >= 11 is 5.65. The molecular weight excluding hydrogens is 393 g/mol. The number of non-ortho nitro benzene ring substituents is 1. The maximum atomic E-state index is 13.8. The summed E-state index contributed by atoms with van der Waals surface area (Å²) in [7, 11) is 3.30. The molecule has 10 heteroatoms. The first-order valence-corrected chi connectivity index (χ1v) is 8.40. The molecule has 0 radical (unpaired) electrons. The summed E-state index contributed by atoms with van der Waals surface area (Å²) in [6, 6.07) is 7.42. The fraction of sp³-hybridized carbons (Fsp3) is 0.222. The average molecular weight is 410 g/mol. The summed E-state index contributed by atoms with van der Waals surface area (Å²) in [5.74, 6) is -2.44. The van der Waals surface area contributed by atoms with Crippen LogP contribution in [0, 0.1) is 15.9 Å². The zero-order valence-electron chi connectivity index (χ0n) is 15.2. The number of nitro benzene ring substituents is 1. The minimum absolute atomic E-state index is 0.0727. The van der Waals surface area contributed by atoms with Crippen molar-refractivity contribution in [3.8, 4) is 0 Å². The van der Waals surface area contributed by atoms with Crippen LogP contribution in [0.15, 0.2) is 36.4 Å². The highest BCUT2D eigenvalue weighted by Crippen LogP contribution is 2.25. The minimum atomic E-state index is -1.28. The van der Waals surface area contributed by atoms with Crippen molar-refractivity contribution < 1.29 is 23.6 Å². The summed E-state index contributed by atoms with van der Waals surface area (Å²) < 4.78 is 18.9. The Hall–Kier alpha value is -3.20. The average Bonchev–Trinajstić information content (AvgIpc) is 2.63. The third kappa shape index (κ3) is 4.95. The Kier molecular flexibility index (Phi) is 6.53. The Morgan fingerprint density at radius 2 is 1.93 bits per heavy atom. The highest BCUT2D eigenvalue weighted by molar-refractivity contribution is 6.30. The van der Waals surface area contributed by atoms with Crippen molar-refractivity contribution in [1.29, 1.82) is 0 Å². The predicted molar refractivity (Wildman–Crippen MR) is 102 cm³/mol. The summed E-state index contributed by atoms with van der Waals surface area (Å²) in [6.45, 7) is 1.30. The van der Waals surface area contributed by atoms with E-state index in [0.29, 0.717) is 5.69 Å². The molecule has 148 valence electrons. The van der Waals surface area contributed by atoms with E-state index in [4.69, 9.17) is 16.3 Å². The van der Waals surface area contributed by atoms with Gasteiger partial charge in [-0.15, -0.1) is 0 Å². The maximum absolute atomic E-state index is 13.8. The third-order valence-electron chi connectivity index (χ3n) is 3.73. The number of carbonyl (C=O) groups is 2. The first kappa shape index (κ1) is 21.1. The quantitative estimate of drug-likeness (QED) is 0.444. The van der Waals surface area contributed by atoms with E-state index < -0.39 is 28.7 Å². The van der Waals surface area contributed by atoms with Gasteiger partial charge in [0.15, 0.2) is 6.10 Å². The number of hydrogen-bond donors (Lipinski definition) is 1. The highest BCUT2D eigenvalue weighted by Gasteiger charge is 2.24. The van der Waals surface area contributed by atoms with E-state index in [0.717, 1.165) is 12.1 Å². The summed E-state index contributed by atoms with van der Waals surface area (Å²) in [6.07, 6.45) is -1.28. The molecule has 0 bridgehead atoms. The lowest BCUT2D eigenvalue weighted by molar-refractivity contribution is -0.384. The van der Waals surface area contributed by atoms with Gasteiger partial charge in [0.25, 0.3) is 11.6 Å². The Labute approximate surface area is 165 Å². The standard InChI is InChI=1S/C18H17ClFN3O5/c1-10(17(24)21-15-6-4-11(19)8-14(15)20)28-18(25)13-9-12(23(26)27)5-7-16(13)22(2)3/h4-10H,1-3H3,(H,21,24)/t10-/m0/s1. The number of halogens is 2. The number of rotatable bonds is 6. The molecule has 28 heavy (non-hydrogen) atoms. The number of ether oxygens (including phenoxy) is 1. The molecule has 1 N–H and O–H groups in total. The largest absolute Gasteiger partial charge is 0.449 e. The molecule has 0 aliphatic carbocycles. The highest BCUT2D eigenvalue weighted by atomic mass is 35.5. The third-order valence-corrected chi connectivity index (χ3v) is 3.97. The van der Waals surface area contributed by atoms with E-state index in [1.165, 1.54) is 31.2 Å². The van der Waals surface area contributed by atoms with Crippen LogP contribution in [0.3, 0.4) is 0 Å². The van der Waals surface area contributed by atoms with Crippen molar-refractivity contribution in [1.82, 2.24) is 0 Å². The molecule has 0 aromatic heterocycles. The van der Waals surface area contributed by atoms with Gasteiger partial charge in [-0.1, -0.05) is 11.6 Å². The number of benzene rings is 2. The smallest absolute Gasteiger partial charge is 0.341 e. The number of amides is 1. The molecule has 0 saturated heterocycles. The lowest BCUT2D eigenvalue weighted by atomic mass is 10.1. The number of nitrogens with one attached hydrogen (secondary N) is 1. The van der Waals surface area contributed by atoms with Gasteiger partial charge in [0.2, 0.25) is 0 Å². The van der Waals surface area contributed by atoms with Crippen LogP contribution in [-0.2, 0) is 9.53 Å². The zero-order valence-corrected chi connectivity index (χ0v) is 16.0. The maximum Gasteiger partial charge on any atom is 0.341 e. The second-order valence-electron chi connectivity index (χ2n) is 6.01. The van der Waals surface area contributed by atoms with Gasteiger partial charge in [-0.2, -0.15) is 0 Å². The van der Waals surface area contributed by atoms with Crippen molar-refractivity contribution in [3.05, 3.63) is 62.9 Å². The SMILES string of the molecule is C[C@H](OC(=O)c1cc([N+](=O)[O-])ccc1N(C)C)C(=O)Nc1ccc(Cl)cc1F. The van der Waals surface area contributed by atoms with E-state index in [1.54, 1.807) is 19.0 Å². The van der Waals surface area contributed by atoms with Crippen molar-refractivity contribution in [2.75, 3.05) is 24.3 Å². The molecule has 2 aromatic carbocycles. The Balaban J connectivity index is 2.18. The molecule has 0 spiro atoms. The van der Waals surface area contributed by atoms with Gasteiger partial charge in [-0.25, -0.2) is 9.18 Å². The van der Waals surface area contributed by atoms with Crippen molar-refractivity contribution in [2.45, 2.75) is 13.0 Å². The Bertz CT molecular complexity index is 935. The van der Waals surface area contributed by atoms with Gasteiger partial charge in [-0.05, 0) is 31.2 Å². The molecule has 1 atom stereocenters. The van der Waals surface area contributed by atoms with Crippen molar-refractivity contribution in [2.24, 2.45) is 0 Å². The van der Waals surface area contributed by atoms with Crippen LogP contribution in [0.2, 0.25) is 5.02 Å². The van der Waals surface area contributed by atoms with E-state index in [1.807, 2.05) is 0 Å². The lowest BCUT2D eigenvalue weighted by Crippen LogP contribution is -2.30. The number of esters is 1. The lowest BCUT2D eigenvalue weighted by Gasteiger charge is -2.18. The molecule has 2 rings (SSSR count). The van der Waals surface area contributed by atoms with Crippen LogP contribution in [-0.4, -0.2) is 37.0 Å². The Morgan fingerprint density at radius 3 is 2.50 bits per heavy atom. The van der Waals surface area contributed by atoms with E-state index in [-0.39, 0.29) is 22.0 Å². The molecule has 0 aliphatic rings. The van der Waals surface area contributed by atoms with Crippen LogP contribution in [0.4, 0.5) is 21.5 Å². The summed E-state index contributed by atoms with van der Waals surface area (Å²) in [4.78, 5) is 36.6. The van der Waals surface area contributed by atoms with Gasteiger partial charge in [0.05, 0.1) is 21.9 Å². The van der Waals surface area contributed by atoms with E-state index in [2.05, 4.69) is 5.32 Å². The number of anilines is 2. The van der Waals surface area contributed by atoms with Crippen LogP contribution in [0.5, 0.6) is 0 Å². The molecule has 0 unspecified atom stereocenters. The fourth-order valence-electron chi connectivity index (χ4n) is 2.29. The van der Waals surface area contributed by atoms with Crippen LogP contribution >= 0.6 is 11.6 Å². The first-order valence-electron chi connectivity index (χ1n) is 8.02. The van der Waals surface area contributed by atoms with Gasteiger partial charge in [0.1, 0.15) is 5.82 Å². The first-order chi connectivity index (χ1) is 13.1. The fourth-order valence-corrected chi connectivity index (χ4v) is 2.45. The van der Waals surface area contributed by atoms with Crippen molar-refractivity contribution in [3.63, 3.8) is 0 Å². The van der Waals surface area contributed by atoms with E-state index in [9.17, 15) is 24.1 Å². The van der Waals surface area contributed by atoms with Gasteiger partial charge in [0, 0.05) is 31.3 Å². The topological polar surface area (TPSA) is 102 Å². The van der Waals surface area contributed by atoms with Crippen molar-refractivity contribution >= 4 is 40.5 Å². The van der Waals surface area contributed by atoms with Crippen LogP contribution in [0.25, 0.3) is 0 Å². The second-order valence-corrected chi connectivity index (χ2v) is 6.45. The van der Waals surface area contributed by atoms with E-state index >= 15 is 0 Å². The molecule has 8 nitrogen and oxygen atoms in total. The predicted octanol–water partition coefficient (Wildman–Crippen LogP) is 3.64. The van der Waals surface area contributed by atoms with Crippen LogP contribution in [0.1, 0.15) is 17.3 Å². The Morgan fingerprint density at radius 1 is 1.25 bits per heavy atom. The molecule has 0 aliphatic heterocycles. The number of nitrogens with zero attached hydrogens (tertiary/aromatic N) is 2. The summed E-state index contributed by atoms with van der Waals surface area (Å²) in [5, 5.41) is 13.4. The minimum Gasteiger partial charge on any atom is -0.449 e. The molecule has 1 amide bonds. The number of carbonyl (C=O) groups excluding carboxylic acids is 2. The van der Waals surface area contributed by atoms with Gasteiger partial charge >= 0.3 is 5.97 Å². The molecule has 2 aromatic rings. The molecular formula is C18H17ClFN3O5. The number of nitro groups is 1. The second kappa shape index (κ2) is 8.66. The van der Waals surface area contributed by atoms with Gasteiger partial charge in [-0.3, -0.25) is 14.9 Å². The molecule has 0 saturated carbocycles. The normalized spacial score (nSPS) is 11.5. The summed E-state index contributed by atoms with van der Waals surface area (Å²) in [5.41, 5.74) is -0.108. The monoisotopic (exact) mass is 409 g/mol. The zero-order chi connectivity index (χ0) is 21.0. The number of hydrogen-bond acceptors (Lipinski definition) is 6.